The van der Waals surface area contributed by atoms with Crippen LogP contribution in [0.25, 0.3) is 22.2 Å². The van der Waals surface area contributed by atoms with Gasteiger partial charge in [0.05, 0.1) is 15.8 Å². The van der Waals surface area contributed by atoms with Crippen LogP contribution in [0.3, 0.4) is 0 Å². The molecule has 31 heavy (non-hydrogen) atoms. The number of carbonyl (C=O) groups is 1. The summed E-state index contributed by atoms with van der Waals surface area (Å²) in [6, 6.07) is 21.6. The first-order valence-corrected chi connectivity index (χ1v) is 11.4. The van der Waals surface area contributed by atoms with Crippen LogP contribution in [0, 0.1) is 0 Å². The van der Waals surface area contributed by atoms with Crippen molar-refractivity contribution in [3.8, 4) is 11.3 Å². The molecule has 4 N–H and O–H groups in total. The maximum Gasteiger partial charge on any atom is 0.238 e. The first-order valence-electron chi connectivity index (χ1n) is 9.85. The van der Waals surface area contributed by atoms with Crippen LogP contribution in [0.5, 0.6) is 0 Å². The number of hydrogen-bond donors (Lipinski definition) is 3. The molecule has 0 radical (unpaired) electrons. The highest BCUT2D eigenvalue weighted by Gasteiger charge is 2.51. The summed E-state index contributed by atoms with van der Waals surface area (Å²) in [5, 5.41) is 16.4. The van der Waals surface area contributed by atoms with Gasteiger partial charge in [0, 0.05) is 16.6 Å². The van der Waals surface area contributed by atoms with Gasteiger partial charge in [0.25, 0.3) is 0 Å². The van der Waals surface area contributed by atoms with Crippen molar-refractivity contribution in [2.24, 2.45) is 5.14 Å². The first-order chi connectivity index (χ1) is 14.9. The molecule has 0 spiro atoms. The molecule has 1 heterocycles. The van der Waals surface area contributed by atoms with Gasteiger partial charge < -0.3 is 5.32 Å². The Morgan fingerprint density at radius 3 is 2.48 bits per heavy atom. The largest absolute Gasteiger partial charge is 0.325 e. The number of rotatable bonds is 5. The van der Waals surface area contributed by atoms with Crippen molar-refractivity contribution in [2.45, 2.75) is 23.2 Å². The summed E-state index contributed by atoms with van der Waals surface area (Å²) in [5.74, 6) is -0.0284. The van der Waals surface area contributed by atoms with Crippen molar-refractivity contribution in [1.82, 2.24) is 10.2 Å². The first kappa shape index (κ1) is 19.5. The number of H-pyrrole nitrogens is 1. The van der Waals surface area contributed by atoms with E-state index in [-0.39, 0.29) is 10.8 Å². The third-order valence-corrected chi connectivity index (χ3v) is 6.68. The number of aromatic amines is 1. The van der Waals surface area contributed by atoms with Gasteiger partial charge in [-0.1, -0.05) is 42.5 Å². The van der Waals surface area contributed by atoms with Crippen molar-refractivity contribution in [1.29, 1.82) is 0 Å². The summed E-state index contributed by atoms with van der Waals surface area (Å²) < 4.78 is 23.4. The van der Waals surface area contributed by atoms with E-state index in [1.54, 1.807) is 12.1 Å². The van der Waals surface area contributed by atoms with Gasteiger partial charge in [-0.05, 0) is 48.7 Å². The molecule has 1 fully saturated rings. The molecule has 8 heteroatoms. The molecule has 1 saturated carbocycles. The van der Waals surface area contributed by atoms with Crippen LogP contribution < -0.4 is 10.5 Å². The zero-order valence-electron chi connectivity index (χ0n) is 16.5. The molecule has 7 nitrogen and oxygen atoms in total. The number of hydrogen-bond acceptors (Lipinski definition) is 4. The average molecular weight is 433 g/mol. The normalized spacial score (nSPS) is 15.0. The maximum atomic E-state index is 13.1. The van der Waals surface area contributed by atoms with Gasteiger partial charge in [0.1, 0.15) is 5.69 Å². The van der Waals surface area contributed by atoms with Crippen LogP contribution in [-0.4, -0.2) is 24.5 Å². The number of nitrogens with two attached hydrogens (primary N) is 1. The number of nitrogens with zero attached hydrogens (tertiary/aromatic N) is 1. The van der Waals surface area contributed by atoms with Gasteiger partial charge in [-0.3, -0.25) is 9.89 Å². The standard InChI is InChI=1S/C23H20N4O3S/c24-31(29,30)18-8-4-5-15(13-18)21-19-14-17(9-10-20(19)26-27-21)25-22(28)23(11-12-23)16-6-2-1-3-7-16/h1-10,13-14H,11-12H2,(H,25,28)(H,26,27)(H2,24,29,30). The van der Waals surface area contributed by atoms with Gasteiger partial charge in [-0.25, -0.2) is 13.6 Å². The van der Waals surface area contributed by atoms with Crippen LogP contribution in [0.4, 0.5) is 5.69 Å². The Bertz CT molecular complexity index is 1410. The van der Waals surface area contributed by atoms with E-state index in [0.29, 0.717) is 16.9 Å². The average Bonchev–Trinajstić information content (AvgIpc) is 3.48. The lowest BCUT2D eigenvalue weighted by molar-refractivity contribution is -0.118. The molecule has 1 aliphatic rings. The maximum absolute atomic E-state index is 13.1. The zero-order valence-corrected chi connectivity index (χ0v) is 17.3. The molecule has 156 valence electrons. The monoisotopic (exact) mass is 432 g/mol. The number of anilines is 1. The van der Waals surface area contributed by atoms with E-state index in [0.717, 1.165) is 29.3 Å². The zero-order chi connectivity index (χ0) is 21.6. The molecule has 0 saturated heterocycles. The van der Waals surface area contributed by atoms with Crippen molar-refractivity contribution < 1.29 is 13.2 Å². The van der Waals surface area contributed by atoms with E-state index < -0.39 is 15.4 Å². The molecule has 1 aliphatic carbocycles. The minimum atomic E-state index is -3.82. The number of amides is 1. The summed E-state index contributed by atoms with van der Waals surface area (Å²) >= 11 is 0. The van der Waals surface area contributed by atoms with Crippen LogP contribution in [0.1, 0.15) is 18.4 Å². The quantitative estimate of drug-likeness (QED) is 0.447. The Morgan fingerprint density at radius 2 is 1.77 bits per heavy atom. The number of aromatic nitrogens is 2. The van der Waals surface area contributed by atoms with Crippen LogP contribution in [0.15, 0.2) is 77.7 Å². The Labute approximate surface area is 179 Å². The molecule has 0 unspecified atom stereocenters. The third-order valence-electron chi connectivity index (χ3n) is 5.77. The van der Waals surface area contributed by atoms with Crippen molar-refractivity contribution in [2.75, 3.05) is 5.32 Å². The highest BCUT2D eigenvalue weighted by atomic mass is 32.2. The molecule has 0 aliphatic heterocycles. The van der Waals surface area contributed by atoms with E-state index in [1.807, 2.05) is 48.5 Å². The molecule has 0 atom stereocenters. The molecule has 5 rings (SSSR count). The van der Waals surface area contributed by atoms with Crippen molar-refractivity contribution in [3.05, 3.63) is 78.4 Å². The molecule has 1 amide bonds. The highest BCUT2D eigenvalue weighted by molar-refractivity contribution is 7.89. The molecular formula is C23H20N4O3S. The number of benzene rings is 3. The van der Waals surface area contributed by atoms with E-state index in [9.17, 15) is 13.2 Å². The number of carbonyl (C=O) groups excluding carboxylic acids is 1. The molecule has 3 aromatic carbocycles. The van der Waals surface area contributed by atoms with Crippen molar-refractivity contribution in [3.63, 3.8) is 0 Å². The predicted molar refractivity (Wildman–Crippen MR) is 119 cm³/mol. The van der Waals surface area contributed by atoms with Crippen LogP contribution in [0.2, 0.25) is 0 Å². The Balaban J connectivity index is 1.48. The second-order valence-electron chi connectivity index (χ2n) is 7.81. The SMILES string of the molecule is NS(=O)(=O)c1cccc(-c2n[nH]c3ccc(NC(=O)C4(c5ccccc5)CC4)cc23)c1. The van der Waals surface area contributed by atoms with Gasteiger partial charge in [0.2, 0.25) is 15.9 Å². The number of sulfonamides is 1. The van der Waals surface area contributed by atoms with Crippen LogP contribution >= 0.6 is 0 Å². The van der Waals surface area contributed by atoms with E-state index in [2.05, 4.69) is 15.5 Å². The second-order valence-corrected chi connectivity index (χ2v) is 9.37. The van der Waals surface area contributed by atoms with Gasteiger partial charge >= 0.3 is 0 Å². The van der Waals surface area contributed by atoms with Gasteiger partial charge in [0.15, 0.2) is 0 Å². The summed E-state index contributed by atoms with van der Waals surface area (Å²) in [4.78, 5) is 13.1. The van der Waals surface area contributed by atoms with E-state index in [4.69, 9.17) is 5.14 Å². The molecule has 4 aromatic rings. The number of primary sulfonamides is 1. The minimum absolute atomic E-state index is 0.0177. The lowest BCUT2D eigenvalue weighted by atomic mass is 9.95. The lowest BCUT2D eigenvalue weighted by Crippen LogP contribution is -2.27. The highest BCUT2D eigenvalue weighted by Crippen LogP contribution is 2.49. The van der Waals surface area contributed by atoms with Gasteiger partial charge in [-0.2, -0.15) is 5.10 Å². The summed E-state index contributed by atoms with van der Waals surface area (Å²) in [5.41, 5.74) is 3.18. The van der Waals surface area contributed by atoms with Gasteiger partial charge in [-0.15, -0.1) is 0 Å². The van der Waals surface area contributed by atoms with E-state index in [1.165, 1.54) is 12.1 Å². The smallest absolute Gasteiger partial charge is 0.238 e. The number of fused-ring (bicyclic) bond motifs is 1. The topological polar surface area (TPSA) is 118 Å². The summed E-state index contributed by atoms with van der Waals surface area (Å²) in [6.45, 7) is 0. The molecule has 0 bridgehead atoms. The third kappa shape index (κ3) is 3.49. The minimum Gasteiger partial charge on any atom is -0.325 e. The predicted octanol–water partition coefficient (Wildman–Crippen LogP) is 3.55. The fourth-order valence-corrected chi connectivity index (χ4v) is 4.47. The Morgan fingerprint density at radius 1 is 1.00 bits per heavy atom. The lowest BCUT2D eigenvalue weighted by Gasteiger charge is -2.16. The summed E-state index contributed by atoms with van der Waals surface area (Å²) in [7, 11) is -3.82. The fourth-order valence-electron chi connectivity index (χ4n) is 3.91. The Hall–Kier alpha value is -3.49. The van der Waals surface area contributed by atoms with Crippen molar-refractivity contribution >= 4 is 32.5 Å². The molecular weight excluding hydrogens is 412 g/mol. The Kier molecular flexibility index (Phi) is 4.42. The fraction of sp³-hybridized carbons (Fsp3) is 0.130. The van der Waals surface area contributed by atoms with Crippen LogP contribution in [-0.2, 0) is 20.2 Å². The van der Waals surface area contributed by atoms with E-state index >= 15 is 0 Å². The molecule has 1 aromatic heterocycles. The second kappa shape index (κ2) is 7.04. The summed E-state index contributed by atoms with van der Waals surface area (Å²) in [6.07, 6.45) is 1.64. The number of nitrogens with one attached hydrogen (secondary N) is 2.